The summed E-state index contributed by atoms with van der Waals surface area (Å²) >= 11 is 0. The standard InChI is InChI=1S/C16H20N6O2/c1-9-12-4-13(11(5-17)6-18)15(23)22(7-10-2-3-24-8-10)14(12)21-16(19)20-9/h4-6,10,17H,2-3,7-8,18H2,1H3,(H2,19,20,21)/b11-6+,17-5?. The average Bonchev–Trinajstić information content (AvgIpc) is 3.06. The van der Waals surface area contributed by atoms with Gasteiger partial charge < -0.3 is 21.6 Å². The van der Waals surface area contributed by atoms with Gasteiger partial charge in [-0.15, -0.1) is 0 Å². The van der Waals surface area contributed by atoms with E-state index in [0.29, 0.717) is 42.2 Å². The number of hydrogen-bond acceptors (Lipinski definition) is 7. The third-order valence-corrected chi connectivity index (χ3v) is 4.26. The van der Waals surface area contributed by atoms with Crippen molar-refractivity contribution in [3.05, 3.63) is 33.9 Å². The summed E-state index contributed by atoms with van der Waals surface area (Å²) in [5.41, 5.74) is 13.0. The lowest BCUT2D eigenvalue weighted by molar-refractivity contribution is 0.182. The topological polar surface area (TPSA) is 133 Å². The van der Waals surface area contributed by atoms with E-state index in [0.717, 1.165) is 18.0 Å². The van der Waals surface area contributed by atoms with Crippen molar-refractivity contribution in [2.24, 2.45) is 11.7 Å². The molecule has 2 aromatic heterocycles. The van der Waals surface area contributed by atoms with E-state index >= 15 is 0 Å². The van der Waals surface area contributed by atoms with Gasteiger partial charge >= 0.3 is 0 Å². The van der Waals surface area contributed by atoms with Crippen LogP contribution in [0, 0.1) is 18.3 Å². The highest BCUT2D eigenvalue weighted by atomic mass is 16.5. The van der Waals surface area contributed by atoms with Crippen LogP contribution in [0.5, 0.6) is 0 Å². The van der Waals surface area contributed by atoms with Crippen LogP contribution < -0.4 is 17.0 Å². The quantitative estimate of drug-likeness (QED) is 0.706. The number of nitrogens with one attached hydrogen (secondary N) is 1. The van der Waals surface area contributed by atoms with Crippen molar-refractivity contribution in [3.63, 3.8) is 0 Å². The molecular weight excluding hydrogens is 308 g/mol. The Kier molecular flexibility index (Phi) is 4.30. The lowest BCUT2D eigenvalue weighted by atomic mass is 10.1. The number of fused-ring (bicyclic) bond motifs is 1. The Balaban J connectivity index is 2.29. The van der Waals surface area contributed by atoms with Crippen molar-refractivity contribution < 1.29 is 4.74 Å². The number of aryl methyl sites for hydroxylation is 1. The van der Waals surface area contributed by atoms with Gasteiger partial charge in [-0.1, -0.05) is 0 Å². The number of nitrogen functional groups attached to an aromatic ring is 1. The summed E-state index contributed by atoms with van der Waals surface area (Å²) in [6.45, 7) is 3.60. The van der Waals surface area contributed by atoms with Crippen LogP contribution in [0.25, 0.3) is 16.6 Å². The van der Waals surface area contributed by atoms with E-state index < -0.39 is 0 Å². The van der Waals surface area contributed by atoms with Gasteiger partial charge in [-0.25, -0.2) is 4.98 Å². The van der Waals surface area contributed by atoms with Gasteiger partial charge in [0.1, 0.15) is 5.65 Å². The number of allylic oxidation sites excluding steroid dienone is 1. The van der Waals surface area contributed by atoms with E-state index in [9.17, 15) is 4.79 Å². The van der Waals surface area contributed by atoms with Crippen LogP contribution in [0.1, 0.15) is 17.7 Å². The zero-order valence-corrected chi connectivity index (χ0v) is 13.5. The molecule has 0 radical (unpaired) electrons. The summed E-state index contributed by atoms with van der Waals surface area (Å²) < 4.78 is 7.01. The molecule has 0 amide bonds. The molecule has 3 heterocycles. The van der Waals surface area contributed by atoms with Crippen molar-refractivity contribution in [2.75, 3.05) is 18.9 Å². The fourth-order valence-corrected chi connectivity index (χ4v) is 2.99. The van der Waals surface area contributed by atoms with Gasteiger partial charge in [0, 0.05) is 42.4 Å². The molecule has 1 saturated heterocycles. The highest BCUT2D eigenvalue weighted by Crippen LogP contribution is 2.22. The summed E-state index contributed by atoms with van der Waals surface area (Å²) in [5.74, 6) is 0.369. The van der Waals surface area contributed by atoms with Crippen LogP contribution in [0.3, 0.4) is 0 Å². The molecule has 2 aromatic rings. The van der Waals surface area contributed by atoms with E-state index in [1.54, 1.807) is 10.6 Å². The van der Waals surface area contributed by atoms with Crippen molar-refractivity contribution in [1.82, 2.24) is 14.5 Å². The molecule has 8 heteroatoms. The third kappa shape index (κ3) is 2.76. The number of aromatic nitrogens is 3. The molecule has 1 atom stereocenters. The largest absolute Gasteiger partial charge is 0.404 e. The lowest BCUT2D eigenvalue weighted by Gasteiger charge is -2.16. The first-order chi connectivity index (χ1) is 11.5. The summed E-state index contributed by atoms with van der Waals surface area (Å²) in [4.78, 5) is 21.4. The van der Waals surface area contributed by atoms with Gasteiger partial charge in [-0.2, -0.15) is 4.98 Å². The fraction of sp³-hybridized carbons (Fsp3) is 0.375. The minimum absolute atomic E-state index is 0.130. The Morgan fingerprint density at radius 2 is 2.33 bits per heavy atom. The summed E-state index contributed by atoms with van der Waals surface area (Å²) in [6.07, 6.45) is 3.22. The van der Waals surface area contributed by atoms with Gasteiger partial charge in [-0.3, -0.25) is 9.36 Å². The van der Waals surface area contributed by atoms with Crippen LogP contribution in [0.15, 0.2) is 17.1 Å². The van der Waals surface area contributed by atoms with Crippen molar-refractivity contribution >= 4 is 28.8 Å². The first kappa shape index (κ1) is 16.1. The maximum absolute atomic E-state index is 13.0. The Morgan fingerprint density at radius 1 is 1.54 bits per heavy atom. The minimum Gasteiger partial charge on any atom is -0.404 e. The molecule has 0 spiro atoms. The highest BCUT2D eigenvalue weighted by molar-refractivity contribution is 6.08. The predicted molar refractivity (Wildman–Crippen MR) is 92.8 cm³/mol. The molecule has 0 bridgehead atoms. The SMILES string of the molecule is Cc1nc(N)nc2c1cc(/C(C=N)=C/N)c(=O)n2CC1CCOC1. The molecule has 1 fully saturated rings. The first-order valence-electron chi connectivity index (χ1n) is 7.73. The Hall–Kier alpha value is -2.74. The second-order valence-corrected chi connectivity index (χ2v) is 5.87. The zero-order valence-electron chi connectivity index (χ0n) is 13.5. The maximum atomic E-state index is 13.0. The van der Waals surface area contributed by atoms with Crippen molar-refractivity contribution in [3.8, 4) is 0 Å². The number of nitrogens with two attached hydrogens (primary N) is 2. The average molecular weight is 328 g/mol. The monoisotopic (exact) mass is 328 g/mol. The van der Waals surface area contributed by atoms with E-state index in [1.165, 1.54) is 6.20 Å². The van der Waals surface area contributed by atoms with Crippen molar-refractivity contribution in [2.45, 2.75) is 19.9 Å². The molecule has 8 nitrogen and oxygen atoms in total. The second kappa shape index (κ2) is 6.40. The minimum atomic E-state index is -0.243. The second-order valence-electron chi connectivity index (χ2n) is 5.87. The lowest BCUT2D eigenvalue weighted by Crippen LogP contribution is -2.28. The molecule has 0 aromatic carbocycles. The Morgan fingerprint density at radius 3 is 2.96 bits per heavy atom. The Bertz CT molecular complexity index is 880. The summed E-state index contributed by atoms with van der Waals surface area (Å²) in [6, 6.07) is 1.68. The van der Waals surface area contributed by atoms with Gasteiger partial charge in [-0.05, 0) is 19.4 Å². The number of nitrogens with zero attached hydrogens (tertiary/aromatic N) is 3. The molecule has 1 aliphatic rings. The van der Waals surface area contributed by atoms with E-state index in [4.69, 9.17) is 21.6 Å². The normalized spacial score (nSPS) is 18.2. The molecule has 0 saturated carbocycles. The van der Waals surface area contributed by atoms with Gasteiger partial charge in [0.15, 0.2) is 0 Å². The van der Waals surface area contributed by atoms with Crippen LogP contribution in [-0.4, -0.2) is 34.0 Å². The number of pyridine rings is 1. The smallest absolute Gasteiger partial charge is 0.260 e. The number of anilines is 1. The van der Waals surface area contributed by atoms with Crippen LogP contribution in [0.2, 0.25) is 0 Å². The molecule has 5 N–H and O–H groups in total. The molecule has 126 valence electrons. The van der Waals surface area contributed by atoms with E-state index in [-0.39, 0.29) is 17.4 Å². The number of hydrogen-bond donors (Lipinski definition) is 3. The van der Waals surface area contributed by atoms with Gasteiger partial charge in [0.2, 0.25) is 5.95 Å². The molecule has 1 aliphatic heterocycles. The number of ether oxygens (including phenoxy) is 1. The van der Waals surface area contributed by atoms with E-state index in [2.05, 4.69) is 9.97 Å². The highest BCUT2D eigenvalue weighted by Gasteiger charge is 2.21. The fourth-order valence-electron chi connectivity index (χ4n) is 2.99. The Labute approximate surface area is 138 Å². The van der Waals surface area contributed by atoms with Crippen LogP contribution in [0.4, 0.5) is 5.95 Å². The van der Waals surface area contributed by atoms with Crippen LogP contribution >= 0.6 is 0 Å². The molecule has 0 aliphatic carbocycles. The third-order valence-electron chi connectivity index (χ3n) is 4.26. The zero-order chi connectivity index (χ0) is 17.3. The maximum Gasteiger partial charge on any atom is 0.260 e. The van der Waals surface area contributed by atoms with Gasteiger partial charge in [0.05, 0.1) is 17.9 Å². The van der Waals surface area contributed by atoms with Gasteiger partial charge in [0.25, 0.3) is 5.56 Å². The molecule has 1 unspecified atom stereocenters. The number of rotatable bonds is 4. The summed E-state index contributed by atoms with van der Waals surface area (Å²) in [5, 5.41) is 8.21. The van der Waals surface area contributed by atoms with Crippen LogP contribution in [-0.2, 0) is 11.3 Å². The van der Waals surface area contributed by atoms with Crippen molar-refractivity contribution in [1.29, 1.82) is 5.41 Å². The molecule has 3 rings (SSSR count). The predicted octanol–water partition coefficient (Wildman–Crippen LogP) is 0.668. The van der Waals surface area contributed by atoms with E-state index in [1.807, 2.05) is 6.92 Å². The molecular formula is C16H20N6O2. The summed E-state index contributed by atoms with van der Waals surface area (Å²) in [7, 11) is 0. The first-order valence-corrected chi connectivity index (χ1v) is 7.73. The molecule has 24 heavy (non-hydrogen) atoms.